The second-order valence-electron chi connectivity index (χ2n) is 36.3. The Kier molecular flexibility index (Phi) is 26.2. The molecule has 0 radical (unpaired) electrons. The Morgan fingerprint density at radius 2 is 1.18 bits per heavy atom. The highest BCUT2D eigenvalue weighted by Gasteiger charge is 2.56. The van der Waals surface area contributed by atoms with Crippen molar-refractivity contribution in [1.29, 1.82) is 0 Å². The van der Waals surface area contributed by atoms with Gasteiger partial charge in [-0.3, -0.25) is 14.0 Å². The van der Waals surface area contributed by atoms with Crippen LogP contribution in [0.5, 0.6) is 5.75 Å². The molecule has 2 saturated heterocycles. The molecule has 27 heteroatoms. The minimum atomic E-state index is -2.69. The molecule has 22 nitrogen and oxygen atoms in total. The Balaban J connectivity index is 1.31. The van der Waals surface area contributed by atoms with E-state index in [4.69, 9.17) is 62.1 Å². The average molecular weight is 1540 g/mol. The van der Waals surface area contributed by atoms with Crippen LogP contribution in [0.3, 0.4) is 0 Å². The number of fused-ring (bicyclic) bond motifs is 1. The summed E-state index contributed by atoms with van der Waals surface area (Å²) in [4.78, 5) is 65.8. The van der Waals surface area contributed by atoms with E-state index in [1.54, 1.807) is 59.5 Å². The monoisotopic (exact) mass is 1540 g/mol. The first kappa shape index (κ1) is 84.8. The summed E-state index contributed by atoms with van der Waals surface area (Å²) in [5.41, 5.74) is 6.64. The molecule has 2 aliphatic rings. The van der Waals surface area contributed by atoms with Crippen LogP contribution in [-0.2, 0) is 47.0 Å². The maximum Gasteiger partial charge on any atom is 0.408 e. The van der Waals surface area contributed by atoms with Gasteiger partial charge < -0.3 is 57.8 Å². The Morgan fingerprint density at radius 3 is 1.71 bits per heavy atom. The second kappa shape index (κ2) is 32.4. The van der Waals surface area contributed by atoms with Crippen molar-refractivity contribution >= 4 is 79.9 Å². The highest BCUT2D eigenvalue weighted by atomic mass is 32.2. The minimum Gasteiger partial charge on any atom is -0.497 e. The fraction of sp³-hybridized carbons (Fsp3) is 0.628. The van der Waals surface area contributed by atoms with Crippen molar-refractivity contribution in [3.05, 3.63) is 131 Å². The Labute approximate surface area is 634 Å². The first-order chi connectivity index (χ1) is 48.4. The van der Waals surface area contributed by atoms with Gasteiger partial charge in [-0.05, 0) is 149 Å². The first-order valence-corrected chi connectivity index (χ1v) is 49.7. The standard InChI is InChI=1S/C78H124N10O12SSi4/c1-72(2,3)96-69(89)56(83-71(91)97-73(4,5)6)42-43-86(47-58-63(99-104(24,25)76(13,14)15)64(100-105(26,27)77(16,17)18)68(95-58)88-51-82-62-65(79)80-50-81-67(62)88)44-45-101-60-48-87(61-46-57(98-103(22,23)75(10,11)12)59(94-61)49-93-102(20,21)74(7,8)9)70(90)84-66(60)85-78(52-34-30-28-31-35-52,53-36-32-29-33-37-53)54-38-40-55(92-19)41-39-54/h28-41,48,50-51,56-59,61,63-64,68H,42-47,49H2,1-27H3,(H,83,91)(H2,79,80,81)(H,84,85,90)/t56-,57-,58+,59+,61-,63+,64+,68+/m0/s1. The lowest BCUT2D eigenvalue weighted by Crippen LogP contribution is -2.55. The molecule has 0 bridgehead atoms. The van der Waals surface area contributed by atoms with Crippen molar-refractivity contribution in [1.82, 2.24) is 39.3 Å². The number of nitrogens with one attached hydrogen (secondary N) is 2. The highest BCUT2D eigenvalue weighted by Crippen LogP contribution is 2.49. The predicted molar refractivity (Wildman–Crippen MR) is 430 cm³/mol. The van der Waals surface area contributed by atoms with Crippen LogP contribution in [0.15, 0.2) is 113 Å². The maximum absolute atomic E-state index is 15.6. The molecule has 4 N–H and O–H groups in total. The van der Waals surface area contributed by atoms with Crippen molar-refractivity contribution in [2.45, 2.75) is 281 Å². The van der Waals surface area contributed by atoms with Crippen LogP contribution in [0.4, 0.5) is 16.4 Å². The normalized spacial score (nSPS) is 20.2. The number of benzene rings is 3. The van der Waals surface area contributed by atoms with Crippen LogP contribution in [0.2, 0.25) is 72.5 Å². The van der Waals surface area contributed by atoms with E-state index in [0.29, 0.717) is 53.0 Å². The van der Waals surface area contributed by atoms with Crippen molar-refractivity contribution in [3.63, 3.8) is 0 Å². The number of hydrogen-bond acceptors (Lipinski definition) is 20. The second-order valence-corrected chi connectivity index (χ2v) is 56.6. The summed E-state index contributed by atoms with van der Waals surface area (Å²) in [6.07, 6.45) is 0.234. The molecule has 6 aromatic rings. The van der Waals surface area contributed by atoms with Gasteiger partial charge in [-0.15, -0.1) is 11.8 Å². The summed E-state index contributed by atoms with van der Waals surface area (Å²) in [6.45, 7) is 56.4. The summed E-state index contributed by atoms with van der Waals surface area (Å²) in [5, 5.41) is 6.22. The topological polar surface area (TPSA) is 249 Å². The van der Waals surface area contributed by atoms with E-state index in [-0.39, 0.29) is 45.5 Å². The van der Waals surface area contributed by atoms with Gasteiger partial charge in [0.15, 0.2) is 51.0 Å². The first-order valence-electron chi connectivity index (χ1n) is 37.0. The molecular formula is C78H124N10O12SSi4. The number of methoxy groups -OCH3 is 1. The zero-order valence-electron chi connectivity index (χ0n) is 67.9. The van der Waals surface area contributed by atoms with Gasteiger partial charge in [0.2, 0.25) is 0 Å². The predicted octanol–water partition coefficient (Wildman–Crippen LogP) is 16.5. The molecule has 105 heavy (non-hydrogen) atoms. The molecule has 3 aromatic heterocycles. The van der Waals surface area contributed by atoms with Crippen LogP contribution >= 0.6 is 11.8 Å². The summed E-state index contributed by atoms with van der Waals surface area (Å²) in [7, 11) is -8.43. The Bertz CT molecular complexity index is 3920. The van der Waals surface area contributed by atoms with Crippen LogP contribution < -0.4 is 26.8 Å². The van der Waals surface area contributed by atoms with Crippen molar-refractivity contribution in [3.8, 4) is 5.75 Å². The molecule has 8 atom stereocenters. The molecule has 2 aliphatic heterocycles. The summed E-state index contributed by atoms with van der Waals surface area (Å²) < 4.78 is 65.4. The molecule has 0 unspecified atom stereocenters. The minimum absolute atomic E-state index is 0.0706. The van der Waals surface area contributed by atoms with Crippen LogP contribution in [0.1, 0.15) is 167 Å². The number of ether oxygens (including phenoxy) is 5. The number of nitrogens with zero attached hydrogens (tertiary/aromatic N) is 7. The van der Waals surface area contributed by atoms with Crippen LogP contribution in [-0.4, -0.2) is 166 Å². The largest absolute Gasteiger partial charge is 0.497 e. The third-order valence-corrected chi connectivity index (χ3v) is 40.9. The number of alkyl carbamates (subject to hydrolysis) is 1. The number of thioether (sulfide) groups is 1. The molecule has 0 aliphatic carbocycles. The van der Waals surface area contributed by atoms with Gasteiger partial charge in [0.05, 0.1) is 31.0 Å². The molecule has 0 saturated carbocycles. The van der Waals surface area contributed by atoms with E-state index < -0.39 is 117 Å². The molecule has 5 heterocycles. The van der Waals surface area contributed by atoms with Gasteiger partial charge in [-0.2, -0.15) is 4.98 Å². The lowest BCUT2D eigenvalue weighted by molar-refractivity contribution is -0.157. The van der Waals surface area contributed by atoms with E-state index >= 15 is 4.79 Å². The SMILES string of the molecule is COc1ccc(C(Nc2nc(=O)n([C@@H]3C[C@H](O[Si](C)(C)C(C)(C)C)[C@@H](CO[Si](C)(C)C(C)(C)C)O3)cc2SCCN(CC[C@H](NC(=O)OC(C)(C)C)C(=O)OC(C)(C)C)C[C@H]2O[C@@H](n3cnc4c(N)ncnc43)[C@H](O[Si](C)(C)C(C)(C)C)[C@@H]2O[Si](C)(C)C(C)(C)C)(c2ccccc2)c2ccccc2)cc1. The summed E-state index contributed by atoms with van der Waals surface area (Å²) in [6, 6.07) is 27.2. The average Bonchev–Trinajstić information content (AvgIpc) is 1.74. The van der Waals surface area contributed by atoms with E-state index in [9.17, 15) is 9.59 Å². The number of hydrogen-bond donors (Lipinski definition) is 3. The van der Waals surface area contributed by atoms with Gasteiger partial charge in [-0.25, -0.2) is 29.3 Å². The summed E-state index contributed by atoms with van der Waals surface area (Å²) in [5.74, 6) is 1.02. The fourth-order valence-electron chi connectivity index (χ4n) is 11.8. The highest BCUT2D eigenvalue weighted by molar-refractivity contribution is 7.99. The van der Waals surface area contributed by atoms with Crippen molar-refractivity contribution in [2.75, 3.05) is 50.2 Å². The third-order valence-electron chi connectivity index (χ3n) is 22.0. The summed E-state index contributed by atoms with van der Waals surface area (Å²) >= 11 is 1.52. The Hall–Kier alpha value is -5.83. The zero-order chi connectivity index (χ0) is 78.1. The van der Waals surface area contributed by atoms with Gasteiger partial charge in [0.25, 0.3) is 0 Å². The van der Waals surface area contributed by atoms with Crippen molar-refractivity contribution in [2.24, 2.45) is 0 Å². The number of rotatable bonds is 28. The van der Waals surface area contributed by atoms with Crippen LogP contribution in [0, 0.1) is 0 Å². The molecule has 580 valence electrons. The van der Waals surface area contributed by atoms with Gasteiger partial charge in [-0.1, -0.05) is 156 Å². The number of nitrogens with two attached hydrogens (primary N) is 1. The van der Waals surface area contributed by atoms with Gasteiger partial charge >= 0.3 is 17.8 Å². The molecule has 0 spiro atoms. The van der Waals surface area contributed by atoms with Crippen LogP contribution in [0.25, 0.3) is 11.2 Å². The number of carbonyl (C=O) groups excluding carboxylic acids is 2. The number of esters is 1. The van der Waals surface area contributed by atoms with Crippen molar-refractivity contribution < 1.29 is 51.0 Å². The number of amides is 1. The number of carbonyl (C=O) groups is 2. The Morgan fingerprint density at radius 1 is 0.648 bits per heavy atom. The van der Waals surface area contributed by atoms with E-state index in [2.05, 4.69) is 180 Å². The molecule has 8 rings (SSSR count). The maximum atomic E-state index is 15.6. The lowest BCUT2D eigenvalue weighted by atomic mass is 9.77. The number of aromatic nitrogens is 6. The van der Waals surface area contributed by atoms with E-state index in [0.717, 1.165) is 16.7 Å². The van der Waals surface area contributed by atoms with E-state index in [1.807, 2.05) is 71.4 Å². The molecule has 2 fully saturated rings. The van der Waals surface area contributed by atoms with Gasteiger partial charge in [0, 0.05) is 38.0 Å². The molecular weight excluding hydrogens is 1410 g/mol. The molecule has 3 aromatic carbocycles. The fourth-order valence-corrected chi connectivity index (χ4v) is 17.8. The number of nitrogen functional groups attached to an aromatic ring is 1. The quantitative estimate of drug-likeness (QED) is 0.0179. The van der Waals surface area contributed by atoms with E-state index in [1.165, 1.54) is 18.1 Å². The van der Waals surface area contributed by atoms with Gasteiger partial charge in [0.1, 0.15) is 76.8 Å². The zero-order valence-corrected chi connectivity index (χ0v) is 72.7. The number of anilines is 2. The smallest absolute Gasteiger partial charge is 0.408 e. The number of imidazole rings is 1. The third kappa shape index (κ3) is 20.6. The molecule has 1 amide bonds. The lowest BCUT2D eigenvalue weighted by Gasteiger charge is -2.44.